The van der Waals surface area contributed by atoms with Gasteiger partial charge in [0.25, 0.3) is 17.5 Å². The summed E-state index contributed by atoms with van der Waals surface area (Å²) in [5, 5.41) is 16.7. The van der Waals surface area contributed by atoms with E-state index >= 15 is 0 Å². The molecular weight excluding hydrogens is 470 g/mol. The Kier molecular flexibility index (Phi) is 7.41. The molecule has 1 aromatic heterocycles. The Morgan fingerprint density at radius 3 is 2.39 bits per heavy atom. The molecule has 1 heterocycles. The van der Waals surface area contributed by atoms with E-state index in [2.05, 4.69) is 10.6 Å². The van der Waals surface area contributed by atoms with Crippen molar-refractivity contribution in [1.82, 2.24) is 0 Å². The van der Waals surface area contributed by atoms with Crippen molar-refractivity contribution in [3.63, 3.8) is 0 Å². The maximum absolute atomic E-state index is 12.9. The number of nitro groups is 1. The highest BCUT2D eigenvalue weighted by Gasteiger charge is 2.27. The maximum Gasteiger partial charge on any atom is 0.341 e. The molecule has 0 radical (unpaired) electrons. The molecule has 0 saturated heterocycles. The highest BCUT2D eigenvalue weighted by atomic mass is 35.5. The van der Waals surface area contributed by atoms with Crippen LogP contribution in [0.3, 0.4) is 0 Å². The number of benzene rings is 2. The van der Waals surface area contributed by atoms with Gasteiger partial charge in [-0.25, -0.2) is 4.79 Å². The van der Waals surface area contributed by atoms with Gasteiger partial charge in [-0.05, 0) is 49.7 Å². The molecule has 0 spiro atoms. The van der Waals surface area contributed by atoms with Crippen LogP contribution in [0.15, 0.2) is 48.5 Å². The highest BCUT2D eigenvalue weighted by molar-refractivity contribution is 7.19. The van der Waals surface area contributed by atoms with Crippen LogP contribution in [0.1, 0.15) is 42.9 Å². The number of nitrogens with zero attached hydrogens (tertiary/aromatic N) is 1. The number of ether oxygens (including phenoxy) is 1. The third-order valence-corrected chi connectivity index (χ3v) is 5.92. The fourth-order valence-electron chi connectivity index (χ4n) is 2.93. The summed E-state index contributed by atoms with van der Waals surface area (Å²) in [6.45, 7) is 3.33. The Morgan fingerprint density at radius 2 is 1.79 bits per heavy atom. The number of carbonyl (C=O) groups excluding carboxylic acids is 3. The summed E-state index contributed by atoms with van der Waals surface area (Å²) in [6.07, 6.45) is 0. The Balaban J connectivity index is 1.92. The number of hydrogen-bond acceptors (Lipinski definition) is 7. The normalized spacial score (nSPS) is 10.4. The number of nitrogens with one attached hydrogen (secondary N) is 2. The number of non-ortho nitro benzene ring substituents is 1. The lowest BCUT2D eigenvalue weighted by Gasteiger charge is -2.07. The molecule has 0 aliphatic heterocycles. The van der Waals surface area contributed by atoms with Gasteiger partial charge in [0.1, 0.15) is 5.00 Å². The molecule has 2 amide bonds. The van der Waals surface area contributed by atoms with Crippen molar-refractivity contribution in [3.05, 3.63) is 85.2 Å². The van der Waals surface area contributed by atoms with E-state index in [1.54, 1.807) is 38.1 Å². The van der Waals surface area contributed by atoms with E-state index in [1.165, 1.54) is 24.3 Å². The molecule has 3 aromatic rings. The second-order valence-corrected chi connectivity index (χ2v) is 8.16. The lowest BCUT2D eigenvalue weighted by atomic mass is 10.1. The molecule has 0 aliphatic rings. The molecule has 0 bridgehead atoms. The van der Waals surface area contributed by atoms with Crippen molar-refractivity contribution in [3.8, 4) is 0 Å². The van der Waals surface area contributed by atoms with Crippen molar-refractivity contribution in [2.45, 2.75) is 13.8 Å². The Hall–Kier alpha value is -3.76. The van der Waals surface area contributed by atoms with Crippen molar-refractivity contribution in [2.24, 2.45) is 0 Å². The zero-order valence-corrected chi connectivity index (χ0v) is 19.1. The lowest BCUT2D eigenvalue weighted by Crippen LogP contribution is -2.15. The van der Waals surface area contributed by atoms with Crippen LogP contribution in [0.4, 0.5) is 16.4 Å². The van der Waals surface area contributed by atoms with Crippen LogP contribution in [0.25, 0.3) is 0 Å². The molecule has 11 heteroatoms. The number of anilines is 2. The first-order valence-electron chi connectivity index (χ1n) is 9.64. The molecule has 3 rings (SSSR count). The van der Waals surface area contributed by atoms with Crippen LogP contribution in [0.5, 0.6) is 0 Å². The van der Waals surface area contributed by atoms with Gasteiger partial charge in [0.05, 0.1) is 22.0 Å². The smallest absolute Gasteiger partial charge is 0.341 e. The number of carbonyl (C=O) groups is 3. The third kappa shape index (κ3) is 5.54. The zero-order chi connectivity index (χ0) is 24.1. The number of rotatable bonds is 7. The third-order valence-electron chi connectivity index (χ3n) is 4.48. The Morgan fingerprint density at radius 1 is 1.09 bits per heavy atom. The summed E-state index contributed by atoms with van der Waals surface area (Å²) >= 11 is 6.88. The minimum Gasteiger partial charge on any atom is -0.462 e. The lowest BCUT2D eigenvalue weighted by molar-refractivity contribution is -0.384. The Labute approximate surface area is 197 Å². The topological polar surface area (TPSA) is 128 Å². The van der Waals surface area contributed by atoms with Gasteiger partial charge in [-0.2, -0.15) is 0 Å². The second kappa shape index (κ2) is 10.2. The van der Waals surface area contributed by atoms with E-state index in [4.69, 9.17) is 16.3 Å². The van der Waals surface area contributed by atoms with E-state index in [0.717, 1.165) is 11.3 Å². The van der Waals surface area contributed by atoms with Crippen LogP contribution < -0.4 is 10.6 Å². The van der Waals surface area contributed by atoms with E-state index in [1.807, 2.05) is 0 Å². The van der Waals surface area contributed by atoms with E-state index < -0.39 is 22.7 Å². The predicted octanol–water partition coefficient (Wildman–Crippen LogP) is 5.30. The van der Waals surface area contributed by atoms with Crippen molar-refractivity contribution in [1.29, 1.82) is 0 Å². The summed E-state index contributed by atoms with van der Waals surface area (Å²) in [6, 6.07) is 11.6. The first kappa shape index (κ1) is 23.9. The van der Waals surface area contributed by atoms with Crippen molar-refractivity contribution < 1.29 is 24.0 Å². The van der Waals surface area contributed by atoms with Gasteiger partial charge in [-0.3, -0.25) is 19.7 Å². The fourth-order valence-corrected chi connectivity index (χ4v) is 4.21. The van der Waals surface area contributed by atoms with Gasteiger partial charge in [-0.15, -0.1) is 11.3 Å². The van der Waals surface area contributed by atoms with E-state index in [0.29, 0.717) is 16.3 Å². The van der Waals surface area contributed by atoms with Crippen LogP contribution in [0.2, 0.25) is 5.02 Å². The standard InChI is InChI=1S/C22H18ClN3O6S/c1-3-32-22(29)17-12(2)18(20(28)24-15-6-4-5-14(23)11-15)33-21(17)25-19(27)13-7-9-16(10-8-13)26(30)31/h4-11H,3H2,1-2H3,(H,24,28)(H,25,27). The first-order chi connectivity index (χ1) is 15.7. The predicted molar refractivity (Wildman–Crippen MR) is 125 cm³/mol. The average molecular weight is 488 g/mol. The molecule has 33 heavy (non-hydrogen) atoms. The molecule has 2 aromatic carbocycles. The van der Waals surface area contributed by atoms with Gasteiger partial charge >= 0.3 is 5.97 Å². The number of amides is 2. The monoisotopic (exact) mass is 487 g/mol. The van der Waals surface area contributed by atoms with Crippen LogP contribution in [0, 0.1) is 17.0 Å². The number of thiophene rings is 1. The largest absolute Gasteiger partial charge is 0.462 e. The summed E-state index contributed by atoms with van der Waals surface area (Å²) in [5.74, 6) is -1.77. The quantitative estimate of drug-likeness (QED) is 0.264. The first-order valence-corrected chi connectivity index (χ1v) is 10.8. The number of hydrogen-bond donors (Lipinski definition) is 2. The Bertz CT molecular complexity index is 1240. The maximum atomic E-state index is 12.9. The van der Waals surface area contributed by atoms with E-state index in [-0.39, 0.29) is 33.3 Å². The molecule has 0 unspecified atom stereocenters. The second-order valence-electron chi connectivity index (χ2n) is 6.70. The molecule has 170 valence electrons. The van der Waals surface area contributed by atoms with Gasteiger partial charge in [0.15, 0.2) is 0 Å². The number of nitro benzene ring substituents is 1. The minimum absolute atomic E-state index is 0.0633. The molecule has 0 saturated carbocycles. The van der Waals surface area contributed by atoms with Crippen LogP contribution in [-0.2, 0) is 4.74 Å². The molecular formula is C22H18ClN3O6S. The molecule has 0 fully saturated rings. The summed E-state index contributed by atoms with van der Waals surface area (Å²) in [5.41, 5.74) is 0.858. The minimum atomic E-state index is -0.688. The molecule has 2 N–H and O–H groups in total. The molecule has 0 aliphatic carbocycles. The van der Waals surface area contributed by atoms with Gasteiger partial charge < -0.3 is 15.4 Å². The fraction of sp³-hybridized carbons (Fsp3) is 0.136. The SMILES string of the molecule is CCOC(=O)c1c(NC(=O)c2ccc([N+](=O)[O-])cc2)sc(C(=O)Nc2cccc(Cl)c2)c1C. The summed E-state index contributed by atoms with van der Waals surface area (Å²) in [7, 11) is 0. The van der Waals surface area contributed by atoms with Gasteiger partial charge in [0.2, 0.25) is 0 Å². The van der Waals surface area contributed by atoms with Gasteiger partial charge in [-0.1, -0.05) is 17.7 Å². The van der Waals surface area contributed by atoms with Gasteiger partial charge in [0, 0.05) is 28.4 Å². The number of esters is 1. The van der Waals surface area contributed by atoms with Crippen LogP contribution in [-0.4, -0.2) is 29.3 Å². The molecule has 9 nitrogen and oxygen atoms in total. The average Bonchev–Trinajstić information content (AvgIpc) is 3.09. The number of halogens is 1. The molecule has 0 atom stereocenters. The van der Waals surface area contributed by atoms with Crippen LogP contribution >= 0.6 is 22.9 Å². The summed E-state index contributed by atoms with van der Waals surface area (Å²) < 4.78 is 5.10. The van der Waals surface area contributed by atoms with Crippen molar-refractivity contribution in [2.75, 3.05) is 17.2 Å². The van der Waals surface area contributed by atoms with E-state index in [9.17, 15) is 24.5 Å². The highest BCUT2D eigenvalue weighted by Crippen LogP contribution is 2.35. The zero-order valence-electron chi connectivity index (χ0n) is 17.5. The summed E-state index contributed by atoms with van der Waals surface area (Å²) in [4.78, 5) is 48.6. The van der Waals surface area contributed by atoms with Crippen molar-refractivity contribution >= 4 is 57.1 Å².